The van der Waals surface area contributed by atoms with Gasteiger partial charge in [0.15, 0.2) is 6.61 Å². The van der Waals surface area contributed by atoms with Gasteiger partial charge >= 0.3 is 0 Å². The highest BCUT2D eigenvalue weighted by atomic mass is 79.9. The van der Waals surface area contributed by atoms with E-state index in [1.165, 1.54) is 11.3 Å². The summed E-state index contributed by atoms with van der Waals surface area (Å²) < 4.78 is 5.92. The van der Waals surface area contributed by atoms with Gasteiger partial charge in [-0.1, -0.05) is 11.6 Å². The number of anilines is 1. The minimum Gasteiger partial charge on any atom is -0.482 e. The number of ketones is 1. The lowest BCUT2D eigenvalue weighted by molar-refractivity contribution is -0.118. The Hall–Kier alpha value is -1.37. The largest absolute Gasteiger partial charge is 0.482 e. The van der Waals surface area contributed by atoms with Gasteiger partial charge in [0, 0.05) is 10.0 Å². The molecule has 0 bridgehead atoms. The Balaban J connectivity index is 2.05. The van der Waals surface area contributed by atoms with Crippen molar-refractivity contribution in [1.82, 2.24) is 0 Å². The van der Waals surface area contributed by atoms with Crippen LogP contribution in [0.25, 0.3) is 0 Å². The fourth-order valence-electron chi connectivity index (χ4n) is 1.98. The van der Waals surface area contributed by atoms with Gasteiger partial charge in [-0.05, 0) is 45.9 Å². The summed E-state index contributed by atoms with van der Waals surface area (Å²) in [4.78, 5) is 24.4. The molecule has 0 fully saturated rings. The molecule has 0 saturated heterocycles. The van der Waals surface area contributed by atoms with Gasteiger partial charge in [-0.25, -0.2) is 0 Å². The summed E-state index contributed by atoms with van der Waals surface area (Å²) in [5, 5.41) is 5.02. The van der Waals surface area contributed by atoms with E-state index < -0.39 is 0 Å². The highest BCUT2D eigenvalue weighted by Crippen LogP contribution is 2.37. The summed E-state index contributed by atoms with van der Waals surface area (Å²) >= 11 is 10.8. The molecule has 2 aromatic rings. The number of ether oxygens (including phenoxy) is 1. The summed E-state index contributed by atoms with van der Waals surface area (Å²) in [6.07, 6.45) is 0. The minimum atomic E-state index is -0.217. The number of amides is 1. The number of hydrogen-bond acceptors (Lipinski definition) is 4. The average Bonchev–Trinajstić information content (AvgIpc) is 2.77. The highest BCUT2D eigenvalue weighted by Gasteiger charge is 2.23. The number of nitrogens with one attached hydrogen (secondary N) is 1. The van der Waals surface area contributed by atoms with Crippen LogP contribution in [-0.2, 0) is 4.79 Å². The van der Waals surface area contributed by atoms with Gasteiger partial charge in [0.1, 0.15) is 5.75 Å². The van der Waals surface area contributed by atoms with Gasteiger partial charge in [0.2, 0.25) is 5.78 Å². The fraction of sp³-hybridized carbons (Fsp3) is 0.143. The number of hydrogen-bond donors (Lipinski definition) is 1. The second kappa shape index (κ2) is 5.44. The number of fused-ring (bicyclic) bond motifs is 1. The van der Waals surface area contributed by atoms with Gasteiger partial charge in [-0.2, -0.15) is 0 Å². The summed E-state index contributed by atoms with van der Waals surface area (Å²) in [5.74, 6) is 0.0872. The molecule has 0 radical (unpaired) electrons. The maximum atomic E-state index is 12.6. The number of carbonyl (C=O) groups is 2. The van der Waals surface area contributed by atoms with Crippen LogP contribution in [0.4, 0.5) is 5.69 Å². The van der Waals surface area contributed by atoms with E-state index in [0.717, 1.165) is 5.56 Å². The van der Waals surface area contributed by atoms with Crippen LogP contribution >= 0.6 is 38.9 Å². The van der Waals surface area contributed by atoms with E-state index in [1.54, 1.807) is 12.1 Å². The zero-order chi connectivity index (χ0) is 15.1. The van der Waals surface area contributed by atoms with E-state index in [1.807, 2.05) is 12.3 Å². The molecule has 4 nitrogen and oxygen atoms in total. The van der Waals surface area contributed by atoms with Gasteiger partial charge in [0.25, 0.3) is 5.91 Å². The molecule has 1 amide bonds. The number of rotatable bonds is 2. The van der Waals surface area contributed by atoms with Crippen molar-refractivity contribution in [1.29, 1.82) is 0 Å². The van der Waals surface area contributed by atoms with Crippen LogP contribution in [0.1, 0.15) is 20.8 Å². The predicted molar refractivity (Wildman–Crippen MR) is 85.8 cm³/mol. The SMILES string of the molecule is Cc1csc(C(=O)c2cc3c(cc2Br)NC(=O)CO3)c1Cl. The van der Waals surface area contributed by atoms with Crippen LogP contribution in [-0.4, -0.2) is 18.3 Å². The van der Waals surface area contributed by atoms with E-state index in [0.29, 0.717) is 31.4 Å². The fourth-order valence-corrected chi connectivity index (χ4v) is 3.74. The lowest BCUT2D eigenvalue weighted by Gasteiger charge is -2.19. The lowest BCUT2D eigenvalue weighted by Crippen LogP contribution is -2.25. The maximum absolute atomic E-state index is 12.6. The van der Waals surface area contributed by atoms with Gasteiger partial charge in [0.05, 0.1) is 15.6 Å². The average molecular weight is 387 g/mol. The summed E-state index contributed by atoms with van der Waals surface area (Å²) in [5.41, 5.74) is 1.87. The standard InChI is InChI=1S/C14H9BrClNO3S/c1-6-5-21-14(12(6)16)13(19)7-2-10-9(3-8(7)15)17-11(18)4-20-10/h2-3,5H,4H2,1H3,(H,17,18). The van der Waals surface area contributed by atoms with Crippen molar-refractivity contribution in [3.05, 3.63) is 43.0 Å². The predicted octanol–water partition coefficient (Wildman–Crippen LogP) is 4.03. The molecular formula is C14H9BrClNO3S. The lowest BCUT2D eigenvalue weighted by atomic mass is 10.1. The van der Waals surface area contributed by atoms with Crippen LogP contribution in [0.15, 0.2) is 22.0 Å². The van der Waals surface area contributed by atoms with Crippen LogP contribution in [0.5, 0.6) is 5.75 Å². The van der Waals surface area contributed by atoms with E-state index in [4.69, 9.17) is 16.3 Å². The maximum Gasteiger partial charge on any atom is 0.262 e. The minimum absolute atomic E-state index is 0.0544. The normalized spacial score (nSPS) is 13.4. The first-order chi connectivity index (χ1) is 9.97. The van der Waals surface area contributed by atoms with Crippen molar-refractivity contribution in [2.24, 2.45) is 0 Å². The third kappa shape index (κ3) is 2.59. The first-order valence-corrected chi connectivity index (χ1v) is 8.07. The van der Waals surface area contributed by atoms with Crippen molar-refractivity contribution in [3.63, 3.8) is 0 Å². The van der Waals surface area contributed by atoms with Crippen molar-refractivity contribution in [2.75, 3.05) is 11.9 Å². The number of thiophene rings is 1. The third-order valence-corrected chi connectivity index (χ3v) is 5.40. The van der Waals surface area contributed by atoms with E-state index in [9.17, 15) is 9.59 Å². The molecule has 21 heavy (non-hydrogen) atoms. The van der Waals surface area contributed by atoms with Crippen LogP contribution in [0, 0.1) is 6.92 Å². The monoisotopic (exact) mass is 385 g/mol. The second-order valence-electron chi connectivity index (χ2n) is 4.56. The van der Waals surface area contributed by atoms with Crippen molar-refractivity contribution in [2.45, 2.75) is 6.92 Å². The molecule has 7 heteroatoms. The topological polar surface area (TPSA) is 55.4 Å². The first-order valence-electron chi connectivity index (χ1n) is 6.02. The quantitative estimate of drug-likeness (QED) is 0.793. The molecule has 1 aromatic carbocycles. The molecule has 1 aliphatic heterocycles. The molecule has 108 valence electrons. The number of halogens is 2. The van der Waals surface area contributed by atoms with Crippen molar-refractivity contribution >= 4 is 56.2 Å². The zero-order valence-electron chi connectivity index (χ0n) is 10.8. The van der Waals surface area contributed by atoms with E-state index in [2.05, 4.69) is 21.2 Å². The Labute approximate surface area is 138 Å². The smallest absolute Gasteiger partial charge is 0.262 e. The Bertz CT molecular complexity index is 772. The van der Waals surface area contributed by atoms with E-state index >= 15 is 0 Å². The molecule has 0 saturated carbocycles. The zero-order valence-corrected chi connectivity index (χ0v) is 14.0. The summed E-state index contributed by atoms with van der Waals surface area (Å²) in [7, 11) is 0. The molecule has 3 rings (SSSR count). The molecule has 0 aliphatic carbocycles. The Kier molecular flexibility index (Phi) is 3.77. The number of carbonyl (C=O) groups excluding carboxylic acids is 2. The Morgan fingerprint density at radius 2 is 2.24 bits per heavy atom. The number of benzene rings is 1. The van der Waals surface area contributed by atoms with Gasteiger partial charge < -0.3 is 10.1 Å². The van der Waals surface area contributed by atoms with Gasteiger partial charge in [-0.15, -0.1) is 11.3 Å². The van der Waals surface area contributed by atoms with Crippen LogP contribution in [0.2, 0.25) is 5.02 Å². The van der Waals surface area contributed by atoms with Crippen LogP contribution < -0.4 is 10.1 Å². The van der Waals surface area contributed by atoms with Crippen molar-refractivity contribution < 1.29 is 14.3 Å². The summed E-state index contributed by atoms with van der Waals surface area (Å²) in [6, 6.07) is 3.28. The Morgan fingerprint density at radius 3 is 2.90 bits per heavy atom. The van der Waals surface area contributed by atoms with Crippen LogP contribution in [0.3, 0.4) is 0 Å². The molecule has 0 spiro atoms. The second-order valence-corrected chi connectivity index (χ2v) is 6.67. The van der Waals surface area contributed by atoms with Gasteiger partial charge in [-0.3, -0.25) is 9.59 Å². The van der Waals surface area contributed by atoms with Crippen molar-refractivity contribution in [3.8, 4) is 5.75 Å². The highest BCUT2D eigenvalue weighted by molar-refractivity contribution is 9.10. The molecule has 2 heterocycles. The molecule has 0 unspecified atom stereocenters. The number of aryl methyl sites for hydroxylation is 1. The van der Waals surface area contributed by atoms with E-state index in [-0.39, 0.29) is 18.3 Å². The molecule has 1 aliphatic rings. The molecular weight excluding hydrogens is 378 g/mol. The third-order valence-electron chi connectivity index (χ3n) is 3.05. The molecule has 1 aromatic heterocycles. The molecule has 0 atom stereocenters. The Morgan fingerprint density at radius 1 is 1.48 bits per heavy atom. The molecule has 1 N–H and O–H groups in total. The first kappa shape index (κ1) is 14.6. The summed E-state index contributed by atoms with van der Waals surface area (Å²) in [6.45, 7) is 1.80.